The molecule has 21 heavy (non-hydrogen) atoms. The van der Waals surface area contributed by atoms with E-state index >= 15 is 0 Å². The molecule has 0 unspecified atom stereocenters. The fourth-order valence-corrected chi connectivity index (χ4v) is 2.68. The Bertz CT molecular complexity index is 581. The molecule has 0 aliphatic carbocycles. The summed E-state index contributed by atoms with van der Waals surface area (Å²) in [5.41, 5.74) is 1.20. The van der Waals surface area contributed by atoms with Crippen LogP contribution in [0.25, 0.3) is 10.8 Å². The van der Waals surface area contributed by atoms with Crippen LogP contribution in [-0.4, -0.2) is 18.5 Å². The lowest BCUT2D eigenvalue weighted by Crippen LogP contribution is -1.99. The van der Waals surface area contributed by atoms with Gasteiger partial charge in [-0.15, -0.1) is 0 Å². The van der Waals surface area contributed by atoms with Gasteiger partial charge in [0.05, 0.1) is 13.2 Å². The van der Waals surface area contributed by atoms with Crippen molar-refractivity contribution >= 4 is 26.7 Å². The molecule has 3 heteroatoms. The normalized spacial score (nSPS) is 10.8. The zero-order valence-electron chi connectivity index (χ0n) is 12.8. The van der Waals surface area contributed by atoms with Crippen LogP contribution in [-0.2, 0) is 0 Å². The third kappa shape index (κ3) is 4.37. The van der Waals surface area contributed by atoms with Gasteiger partial charge in [-0.1, -0.05) is 35.0 Å². The zero-order valence-corrected chi connectivity index (χ0v) is 14.4. The number of fused-ring (bicyclic) bond motifs is 1. The topological polar surface area (TPSA) is 18.5 Å². The summed E-state index contributed by atoms with van der Waals surface area (Å²) in [4.78, 5) is 0. The lowest BCUT2D eigenvalue weighted by molar-refractivity contribution is 0.308. The number of aryl methyl sites for hydroxylation is 1. The van der Waals surface area contributed by atoms with Crippen molar-refractivity contribution in [3.63, 3.8) is 0 Å². The van der Waals surface area contributed by atoms with Gasteiger partial charge in [-0.3, -0.25) is 0 Å². The van der Waals surface area contributed by atoms with Crippen molar-refractivity contribution in [3.05, 3.63) is 35.9 Å². The van der Waals surface area contributed by atoms with Gasteiger partial charge in [-0.05, 0) is 60.7 Å². The second-order valence-corrected chi connectivity index (χ2v) is 5.96. The van der Waals surface area contributed by atoms with E-state index in [-0.39, 0.29) is 0 Å². The molecule has 0 aromatic heterocycles. The van der Waals surface area contributed by atoms with Crippen molar-refractivity contribution in [2.24, 2.45) is 0 Å². The summed E-state index contributed by atoms with van der Waals surface area (Å²) in [6.07, 6.45) is 3.25. The number of hydrogen-bond donors (Lipinski definition) is 0. The summed E-state index contributed by atoms with van der Waals surface area (Å²) in [7, 11) is 0. The smallest absolute Gasteiger partial charge is 0.122 e. The first-order valence-electron chi connectivity index (χ1n) is 7.61. The molecule has 0 aliphatic rings. The van der Waals surface area contributed by atoms with E-state index < -0.39 is 0 Å². The third-order valence-electron chi connectivity index (χ3n) is 3.47. The monoisotopic (exact) mass is 350 g/mol. The number of halogens is 1. The van der Waals surface area contributed by atoms with Crippen LogP contribution in [0.1, 0.15) is 31.7 Å². The van der Waals surface area contributed by atoms with E-state index in [1.807, 2.05) is 6.07 Å². The largest absolute Gasteiger partial charge is 0.494 e. The van der Waals surface area contributed by atoms with Crippen molar-refractivity contribution in [2.45, 2.75) is 33.1 Å². The summed E-state index contributed by atoms with van der Waals surface area (Å²) in [6.45, 7) is 5.77. The van der Waals surface area contributed by atoms with Crippen molar-refractivity contribution in [1.82, 2.24) is 0 Å². The van der Waals surface area contributed by atoms with Crippen LogP contribution >= 0.6 is 15.9 Å². The highest BCUT2D eigenvalue weighted by molar-refractivity contribution is 9.09. The molecule has 2 nitrogen and oxygen atoms in total. The average Bonchev–Trinajstić information content (AvgIpc) is 2.51. The lowest BCUT2D eigenvalue weighted by atomic mass is 10.0. The number of benzene rings is 2. The van der Waals surface area contributed by atoms with Crippen molar-refractivity contribution in [3.8, 4) is 11.5 Å². The Balaban J connectivity index is 2.14. The van der Waals surface area contributed by atoms with Crippen LogP contribution in [0.5, 0.6) is 11.5 Å². The predicted octanol–water partition coefficient (Wildman–Crippen LogP) is 5.49. The molecule has 0 amide bonds. The summed E-state index contributed by atoms with van der Waals surface area (Å²) >= 11 is 3.44. The number of hydrogen-bond acceptors (Lipinski definition) is 2. The van der Waals surface area contributed by atoms with E-state index in [1.54, 1.807) is 0 Å². The van der Waals surface area contributed by atoms with E-state index in [0.29, 0.717) is 0 Å². The Hall–Kier alpha value is -1.22. The fourth-order valence-electron chi connectivity index (χ4n) is 2.29. The van der Waals surface area contributed by atoms with Gasteiger partial charge in [0.1, 0.15) is 11.5 Å². The van der Waals surface area contributed by atoms with Crippen LogP contribution < -0.4 is 9.47 Å². The highest BCUT2D eigenvalue weighted by atomic mass is 79.9. The van der Waals surface area contributed by atoms with Crippen molar-refractivity contribution in [2.75, 3.05) is 18.5 Å². The molecule has 0 aliphatic heterocycles. The molecule has 0 fully saturated rings. The maximum atomic E-state index is 5.89. The number of rotatable bonds is 8. The van der Waals surface area contributed by atoms with E-state index in [0.717, 1.165) is 49.3 Å². The summed E-state index contributed by atoms with van der Waals surface area (Å²) < 4.78 is 11.6. The first-order chi connectivity index (χ1) is 10.3. The Kier molecular flexibility index (Phi) is 6.37. The standard InChI is InChI=1S/C18H23BrO2/c1-3-11-20-16-7-8-17-14(2)18(9-6-15(17)13-16)21-12-5-4-10-19/h6-9,13H,3-5,10-12H2,1-2H3. The minimum absolute atomic E-state index is 0.763. The van der Waals surface area contributed by atoms with Crippen LogP contribution in [0.3, 0.4) is 0 Å². The fraction of sp³-hybridized carbons (Fsp3) is 0.444. The van der Waals surface area contributed by atoms with E-state index in [2.05, 4.69) is 54.0 Å². The molecular weight excluding hydrogens is 328 g/mol. The summed E-state index contributed by atoms with van der Waals surface area (Å²) in [5.74, 6) is 1.93. The van der Waals surface area contributed by atoms with Gasteiger partial charge in [0.15, 0.2) is 0 Å². The maximum absolute atomic E-state index is 5.89. The molecule has 0 saturated carbocycles. The second-order valence-electron chi connectivity index (χ2n) is 5.16. The molecule has 0 N–H and O–H groups in total. The van der Waals surface area contributed by atoms with Gasteiger partial charge in [-0.2, -0.15) is 0 Å². The average molecular weight is 351 g/mol. The number of unbranched alkanes of at least 4 members (excludes halogenated alkanes) is 1. The van der Waals surface area contributed by atoms with Gasteiger partial charge in [0.25, 0.3) is 0 Å². The van der Waals surface area contributed by atoms with Gasteiger partial charge >= 0.3 is 0 Å². The van der Waals surface area contributed by atoms with Gasteiger partial charge in [0.2, 0.25) is 0 Å². The Morgan fingerprint density at radius 2 is 1.86 bits per heavy atom. The molecule has 2 aromatic rings. The molecule has 0 atom stereocenters. The molecule has 0 radical (unpaired) electrons. The minimum atomic E-state index is 0.763. The van der Waals surface area contributed by atoms with Crippen LogP contribution in [0, 0.1) is 6.92 Å². The quantitative estimate of drug-likeness (QED) is 0.462. The van der Waals surface area contributed by atoms with Gasteiger partial charge < -0.3 is 9.47 Å². The van der Waals surface area contributed by atoms with Crippen LogP contribution in [0.15, 0.2) is 30.3 Å². The zero-order chi connectivity index (χ0) is 15.1. The maximum Gasteiger partial charge on any atom is 0.122 e. The summed E-state index contributed by atoms with van der Waals surface area (Å²) in [6, 6.07) is 10.4. The second kappa shape index (κ2) is 8.28. The lowest BCUT2D eigenvalue weighted by Gasteiger charge is -2.12. The molecular formula is C18H23BrO2. The minimum Gasteiger partial charge on any atom is -0.494 e. The Morgan fingerprint density at radius 1 is 1.00 bits per heavy atom. The van der Waals surface area contributed by atoms with Crippen LogP contribution in [0.4, 0.5) is 0 Å². The van der Waals surface area contributed by atoms with Crippen molar-refractivity contribution < 1.29 is 9.47 Å². The van der Waals surface area contributed by atoms with E-state index in [1.165, 1.54) is 16.3 Å². The molecule has 0 bridgehead atoms. The number of alkyl halides is 1. The summed E-state index contributed by atoms with van der Waals surface area (Å²) in [5, 5.41) is 3.47. The highest BCUT2D eigenvalue weighted by Gasteiger charge is 2.06. The first-order valence-corrected chi connectivity index (χ1v) is 8.73. The molecule has 2 rings (SSSR count). The SMILES string of the molecule is CCCOc1ccc2c(C)c(OCCCCBr)ccc2c1. The molecule has 2 aromatic carbocycles. The molecule has 0 saturated heterocycles. The van der Waals surface area contributed by atoms with Gasteiger partial charge in [-0.25, -0.2) is 0 Å². The van der Waals surface area contributed by atoms with Crippen molar-refractivity contribution in [1.29, 1.82) is 0 Å². The first kappa shape index (κ1) is 16.2. The molecule has 0 spiro atoms. The highest BCUT2D eigenvalue weighted by Crippen LogP contribution is 2.30. The third-order valence-corrected chi connectivity index (χ3v) is 4.03. The molecule has 114 valence electrons. The predicted molar refractivity (Wildman–Crippen MR) is 93.0 cm³/mol. The van der Waals surface area contributed by atoms with Gasteiger partial charge in [0, 0.05) is 5.33 Å². The van der Waals surface area contributed by atoms with E-state index in [9.17, 15) is 0 Å². The molecule has 0 heterocycles. The van der Waals surface area contributed by atoms with Crippen LogP contribution in [0.2, 0.25) is 0 Å². The number of ether oxygens (including phenoxy) is 2. The Labute approximate surface area is 135 Å². The van der Waals surface area contributed by atoms with E-state index in [4.69, 9.17) is 9.47 Å². The Morgan fingerprint density at radius 3 is 2.62 bits per heavy atom.